The van der Waals surface area contributed by atoms with Gasteiger partial charge in [-0.15, -0.1) is 0 Å². The molecule has 0 spiro atoms. The maximum absolute atomic E-state index is 11.2. The largest absolute Gasteiger partial charge is 0.465 e. The molecule has 1 amide bonds. The van der Waals surface area contributed by atoms with Crippen LogP contribution in [-0.2, 0) is 14.3 Å². The summed E-state index contributed by atoms with van der Waals surface area (Å²) >= 11 is 0. The molecule has 70 valence electrons. The van der Waals surface area contributed by atoms with Gasteiger partial charge in [0, 0.05) is 11.8 Å². The van der Waals surface area contributed by atoms with Gasteiger partial charge < -0.3 is 4.74 Å². The fourth-order valence-electron chi connectivity index (χ4n) is 1.08. The van der Waals surface area contributed by atoms with Crippen LogP contribution in [0.5, 0.6) is 0 Å². The summed E-state index contributed by atoms with van der Waals surface area (Å²) in [6.45, 7) is 3.72. The van der Waals surface area contributed by atoms with E-state index >= 15 is 0 Å². The van der Waals surface area contributed by atoms with E-state index in [0.29, 0.717) is 12.3 Å². The number of esters is 1. The first-order valence-corrected chi connectivity index (χ1v) is 4.09. The number of hydrogen-bond acceptors (Lipinski definition) is 3. The molecule has 1 rings (SSSR count). The predicted molar refractivity (Wildman–Crippen MR) is 47.4 cm³/mol. The van der Waals surface area contributed by atoms with Gasteiger partial charge in [-0.05, 0) is 13.8 Å². The molecule has 1 atom stereocenters. The van der Waals surface area contributed by atoms with Crippen LogP contribution in [-0.4, -0.2) is 24.2 Å². The second kappa shape index (κ2) is 3.98. The SMILES string of the molecule is CCOC(=O)C1C=CC(=O)N=C1C. The van der Waals surface area contributed by atoms with Crippen molar-refractivity contribution in [2.75, 3.05) is 6.61 Å². The minimum atomic E-state index is -0.488. The molecule has 0 aliphatic carbocycles. The van der Waals surface area contributed by atoms with Crippen LogP contribution in [0.4, 0.5) is 0 Å². The maximum Gasteiger partial charge on any atom is 0.318 e. The lowest BCUT2D eigenvalue weighted by Crippen LogP contribution is -2.25. The van der Waals surface area contributed by atoms with Gasteiger partial charge in [0.15, 0.2) is 0 Å². The van der Waals surface area contributed by atoms with E-state index < -0.39 is 5.92 Å². The number of carbonyl (C=O) groups is 2. The Morgan fingerprint density at radius 3 is 2.92 bits per heavy atom. The van der Waals surface area contributed by atoms with Crippen molar-refractivity contribution in [3.05, 3.63) is 12.2 Å². The molecule has 0 radical (unpaired) electrons. The monoisotopic (exact) mass is 181 g/mol. The predicted octanol–water partition coefficient (Wildman–Crippen LogP) is 0.723. The first-order valence-electron chi connectivity index (χ1n) is 4.09. The summed E-state index contributed by atoms with van der Waals surface area (Å²) < 4.78 is 4.80. The maximum atomic E-state index is 11.2. The van der Waals surface area contributed by atoms with Crippen molar-refractivity contribution >= 4 is 17.6 Å². The van der Waals surface area contributed by atoms with E-state index in [1.54, 1.807) is 13.8 Å². The van der Waals surface area contributed by atoms with Gasteiger partial charge in [0.2, 0.25) is 0 Å². The van der Waals surface area contributed by atoms with E-state index in [-0.39, 0.29) is 11.9 Å². The Kier molecular flexibility index (Phi) is 2.95. The molecule has 13 heavy (non-hydrogen) atoms. The van der Waals surface area contributed by atoms with Crippen LogP contribution < -0.4 is 0 Å². The molecule has 0 saturated heterocycles. The van der Waals surface area contributed by atoms with Gasteiger partial charge in [0.1, 0.15) is 5.92 Å². The zero-order valence-corrected chi connectivity index (χ0v) is 7.61. The summed E-state index contributed by atoms with van der Waals surface area (Å²) in [4.78, 5) is 25.7. The van der Waals surface area contributed by atoms with Gasteiger partial charge in [-0.25, -0.2) is 4.99 Å². The van der Waals surface area contributed by atoms with E-state index in [1.807, 2.05) is 0 Å². The molecule has 0 aromatic heterocycles. The van der Waals surface area contributed by atoms with Crippen molar-refractivity contribution in [3.8, 4) is 0 Å². The highest BCUT2D eigenvalue weighted by Gasteiger charge is 2.23. The van der Waals surface area contributed by atoms with E-state index in [9.17, 15) is 9.59 Å². The number of aliphatic imine (C=N–C) groups is 1. The number of carbonyl (C=O) groups excluding carboxylic acids is 2. The molecule has 1 aliphatic heterocycles. The van der Waals surface area contributed by atoms with Crippen LogP contribution in [0, 0.1) is 5.92 Å². The Hall–Kier alpha value is -1.45. The summed E-state index contributed by atoms with van der Waals surface area (Å²) in [6.07, 6.45) is 2.80. The van der Waals surface area contributed by atoms with Gasteiger partial charge in [-0.2, -0.15) is 0 Å². The van der Waals surface area contributed by atoms with Crippen molar-refractivity contribution in [2.24, 2.45) is 10.9 Å². The van der Waals surface area contributed by atoms with Gasteiger partial charge in [0.05, 0.1) is 6.61 Å². The lowest BCUT2D eigenvalue weighted by Gasteiger charge is -2.13. The number of ether oxygens (including phenoxy) is 1. The molecule has 0 fully saturated rings. The Morgan fingerprint density at radius 2 is 2.38 bits per heavy atom. The standard InChI is InChI=1S/C9H11NO3/c1-3-13-9(12)7-4-5-8(11)10-6(7)2/h4-5,7H,3H2,1-2H3. The molecule has 1 unspecified atom stereocenters. The molecule has 0 bridgehead atoms. The Bertz CT molecular complexity index is 291. The number of nitrogens with zero attached hydrogens (tertiary/aromatic N) is 1. The van der Waals surface area contributed by atoms with Crippen LogP contribution >= 0.6 is 0 Å². The van der Waals surface area contributed by atoms with Crippen molar-refractivity contribution in [1.82, 2.24) is 0 Å². The molecule has 4 nitrogen and oxygen atoms in total. The lowest BCUT2D eigenvalue weighted by atomic mass is 10.0. The molecule has 4 heteroatoms. The lowest BCUT2D eigenvalue weighted by molar-refractivity contribution is -0.144. The Balaban J connectivity index is 2.72. The van der Waals surface area contributed by atoms with Crippen LogP contribution in [0.1, 0.15) is 13.8 Å². The van der Waals surface area contributed by atoms with Crippen molar-refractivity contribution in [2.45, 2.75) is 13.8 Å². The van der Waals surface area contributed by atoms with Crippen LogP contribution in [0.25, 0.3) is 0 Å². The van der Waals surface area contributed by atoms with Crippen LogP contribution in [0.2, 0.25) is 0 Å². The number of rotatable bonds is 2. The smallest absolute Gasteiger partial charge is 0.318 e. The summed E-state index contributed by atoms with van der Waals surface area (Å²) in [7, 11) is 0. The molecular formula is C9H11NO3. The summed E-state index contributed by atoms with van der Waals surface area (Å²) in [5.74, 6) is -1.16. The van der Waals surface area contributed by atoms with Crippen molar-refractivity contribution < 1.29 is 14.3 Å². The minimum Gasteiger partial charge on any atom is -0.465 e. The van der Waals surface area contributed by atoms with Gasteiger partial charge in [0.25, 0.3) is 5.91 Å². The van der Waals surface area contributed by atoms with E-state index in [1.165, 1.54) is 12.2 Å². The third-order valence-corrected chi connectivity index (χ3v) is 1.71. The highest BCUT2D eigenvalue weighted by atomic mass is 16.5. The summed E-state index contributed by atoms with van der Waals surface area (Å²) in [6, 6.07) is 0. The first kappa shape index (κ1) is 9.64. The second-order valence-corrected chi connectivity index (χ2v) is 2.68. The van der Waals surface area contributed by atoms with E-state index in [0.717, 1.165) is 0 Å². The topological polar surface area (TPSA) is 55.7 Å². The third-order valence-electron chi connectivity index (χ3n) is 1.71. The Labute approximate surface area is 76.3 Å². The minimum absolute atomic E-state index is 0.321. The zero-order chi connectivity index (χ0) is 9.84. The van der Waals surface area contributed by atoms with E-state index in [2.05, 4.69) is 4.99 Å². The Morgan fingerprint density at radius 1 is 1.69 bits per heavy atom. The van der Waals surface area contributed by atoms with E-state index in [4.69, 9.17) is 4.74 Å². The normalized spacial score (nSPS) is 21.2. The van der Waals surface area contributed by atoms with Gasteiger partial charge in [-0.3, -0.25) is 9.59 Å². The quantitative estimate of drug-likeness (QED) is 0.590. The molecule has 0 saturated carbocycles. The molecule has 0 aromatic carbocycles. The second-order valence-electron chi connectivity index (χ2n) is 2.68. The molecule has 1 heterocycles. The fourth-order valence-corrected chi connectivity index (χ4v) is 1.08. The molecule has 0 aromatic rings. The zero-order valence-electron chi connectivity index (χ0n) is 7.61. The summed E-state index contributed by atoms with van der Waals surface area (Å²) in [5.41, 5.74) is 0.492. The summed E-state index contributed by atoms with van der Waals surface area (Å²) in [5, 5.41) is 0. The highest BCUT2D eigenvalue weighted by molar-refractivity contribution is 6.11. The van der Waals surface area contributed by atoms with Gasteiger partial charge >= 0.3 is 5.97 Å². The molecule has 1 aliphatic rings. The van der Waals surface area contributed by atoms with Crippen molar-refractivity contribution in [3.63, 3.8) is 0 Å². The van der Waals surface area contributed by atoms with Crippen LogP contribution in [0.3, 0.4) is 0 Å². The molecular weight excluding hydrogens is 170 g/mol. The average Bonchev–Trinajstić information content (AvgIpc) is 2.04. The molecule has 0 N–H and O–H groups in total. The average molecular weight is 181 g/mol. The highest BCUT2D eigenvalue weighted by Crippen LogP contribution is 2.10. The van der Waals surface area contributed by atoms with Crippen molar-refractivity contribution in [1.29, 1.82) is 0 Å². The number of amides is 1. The first-order chi connectivity index (χ1) is 6.15. The van der Waals surface area contributed by atoms with Crippen LogP contribution in [0.15, 0.2) is 17.1 Å². The fraction of sp³-hybridized carbons (Fsp3) is 0.444. The third kappa shape index (κ3) is 2.24. The number of dihydropyridines is 1. The number of hydrogen-bond donors (Lipinski definition) is 0. The van der Waals surface area contributed by atoms with Gasteiger partial charge in [-0.1, -0.05) is 6.08 Å².